The van der Waals surface area contributed by atoms with Crippen molar-refractivity contribution in [1.29, 1.82) is 0 Å². The van der Waals surface area contributed by atoms with Crippen molar-refractivity contribution in [3.8, 4) is 11.1 Å². The van der Waals surface area contributed by atoms with Crippen LogP contribution in [0, 0.1) is 13.8 Å². The molecule has 0 saturated carbocycles. The standard InChI is InChI=1S/C17H18N2O2S/c1-4-19-17(21)15(8-18-19)14-7-10(2)16-13(11(14)3)6-5-12(9-20)22-16/h7-8,18H,4-6H2,1-3H3. The van der Waals surface area contributed by atoms with Crippen molar-refractivity contribution < 1.29 is 4.79 Å². The first-order valence-corrected chi connectivity index (χ1v) is 8.22. The number of nitrogens with one attached hydrogen (secondary N) is 1. The second kappa shape index (κ2) is 5.67. The number of carbonyl (C=O) groups excluding carboxylic acids is 1. The molecule has 1 aromatic heterocycles. The summed E-state index contributed by atoms with van der Waals surface area (Å²) in [5, 5.41) is 3.01. The Morgan fingerprint density at radius 3 is 2.73 bits per heavy atom. The molecular weight excluding hydrogens is 296 g/mol. The fourth-order valence-electron chi connectivity index (χ4n) is 3.00. The van der Waals surface area contributed by atoms with Crippen LogP contribution < -0.4 is 5.56 Å². The number of aromatic nitrogens is 2. The molecule has 114 valence electrons. The lowest BCUT2D eigenvalue weighted by atomic mass is 9.93. The number of aromatic amines is 1. The SMILES string of the molecule is CCn1[nH]cc(-c2cc(C)c3c(c2C)CCC(=C=O)S3)c1=O. The van der Waals surface area contributed by atoms with Crippen LogP contribution in [-0.2, 0) is 17.8 Å². The Hall–Kier alpha value is -1.97. The fraction of sp³-hybridized carbons (Fsp3) is 0.353. The molecule has 0 saturated heterocycles. The monoisotopic (exact) mass is 314 g/mol. The Balaban J connectivity index is 2.20. The highest BCUT2D eigenvalue weighted by Crippen LogP contribution is 2.42. The van der Waals surface area contributed by atoms with Crippen molar-refractivity contribution in [2.24, 2.45) is 0 Å². The van der Waals surface area contributed by atoms with Crippen LogP contribution in [0.1, 0.15) is 30.0 Å². The summed E-state index contributed by atoms with van der Waals surface area (Å²) in [4.78, 5) is 25.2. The molecule has 0 aliphatic carbocycles. The number of rotatable bonds is 2. The summed E-state index contributed by atoms with van der Waals surface area (Å²) in [7, 11) is 0. The van der Waals surface area contributed by atoms with Gasteiger partial charge in [-0.15, -0.1) is 0 Å². The fourth-order valence-corrected chi connectivity index (χ4v) is 4.10. The summed E-state index contributed by atoms with van der Waals surface area (Å²) in [6, 6.07) is 2.06. The molecule has 1 aliphatic rings. The molecule has 0 radical (unpaired) electrons. The molecule has 1 N–H and O–H groups in total. The number of aryl methyl sites for hydroxylation is 2. The van der Waals surface area contributed by atoms with E-state index in [2.05, 4.69) is 18.1 Å². The molecule has 1 aromatic carbocycles. The zero-order valence-corrected chi connectivity index (χ0v) is 13.8. The molecule has 0 spiro atoms. The van der Waals surface area contributed by atoms with Crippen LogP contribution >= 0.6 is 11.8 Å². The van der Waals surface area contributed by atoms with E-state index in [1.54, 1.807) is 10.9 Å². The van der Waals surface area contributed by atoms with Crippen LogP contribution in [-0.4, -0.2) is 15.7 Å². The van der Waals surface area contributed by atoms with Gasteiger partial charge in [0.2, 0.25) is 0 Å². The molecule has 22 heavy (non-hydrogen) atoms. The molecule has 1 aliphatic heterocycles. The molecule has 0 atom stereocenters. The molecule has 0 fully saturated rings. The van der Waals surface area contributed by atoms with Gasteiger partial charge in [0, 0.05) is 17.6 Å². The van der Waals surface area contributed by atoms with Crippen molar-refractivity contribution >= 4 is 17.7 Å². The summed E-state index contributed by atoms with van der Waals surface area (Å²) in [5.41, 5.74) is 5.22. The van der Waals surface area contributed by atoms with Crippen molar-refractivity contribution in [2.45, 2.75) is 45.1 Å². The van der Waals surface area contributed by atoms with E-state index in [-0.39, 0.29) is 5.56 Å². The zero-order valence-electron chi connectivity index (χ0n) is 12.9. The maximum atomic E-state index is 12.4. The second-order valence-corrected chi connectivity index (χ2v) is 6.64. The van der Waals surface area contributed by atoms with E-state index in [1.807, 2.05) is 19.8 Å². The van der Waals surface area contributed by atoms with Crippen molar-refractivity contribution in [2.75, 3.05) is 0 Å². The topological polar surface area (TPSA) is 54.9 Å². The smallest absolute Gasteiger partial charge is 0.274 e. The Bertz CT molecular complexity index is 854. The summed E-state index contributed by atoms with van der Waals surface area (Å²) >= 11 is 1.52. The molecule has 3 rings (SSSR count). The van der Waals surface area contributed by atoms with Crippen molar-refractivity contribution in [3.63, 3.8) is 0 Å². The average molecular weight is 314 g/mol. The van der Waals surface area contributed by atoms with Gasteiger partial charge in [-0.3, -0.25) is 9.48 Å². The Labute approximate surface area is 133 Å². The Morgan fingerprint density at radius 1 is 1.32 bits per heavy atom. The summed E-state index contributed by atoms with van der Waals surface area (Å²) in [6.07, 6.45) is 3.35. The van der Waals surface area contributed by atoms with Crippen LogP contribution in [0.4, 0.5) is 0 Å². The number of hydrogen-bond acceptors (Lipinski definition) is 3. The lowest BCUT2D eigenvalue weighted by Gasteiger charge is -2.22. The first-order valence-electron chi connectivity index (χ1n) is 7.40. The van der Waals surface area contributed by atoms with E-state index in [0.29, 0.717) is 12.1 Å². The van der Waals surface area contributed by atoms with Crippen LogP contribution in [0.25, 0.3) is 11.1 Å². The van der Waals surface area contributed by atoms with Gasteiger partial charge < -0.3 is 5.10 Å². The van der Waals surface area contributed by atoms with E-state index in [4.69, 9.17) is 0 Å². The first-order chi connectivity index (χ1) is 10.6. The summed E-state index contributed by atoms with van der Waals surface area (Å²) < 4.78 is 1.60. The largest absolute Gasteiger partial charge is 0.302 e. The van der Waals surface area contributed by atoms with Crippen LogP contribution in [0.15, 0.2) is 26.9 Å². The number of thioether (sulfide) groups is 1. The minimum Gasteiger partial charge on any atom is -0.302 e. The molecule has 0 amide bonds. The summed E-state index contributed by atoms with van der Waals surface area (Å²) in [5.74, 6) is 2.03. The molecule has 2 aromatic rings. The number of benzene rings is 1. The van der Waals surface area contributed by atoms with E-state index in [1.165, 1.54) is 17.3 Å². The van der Waals surface area contributed by atoms with Gasteiger partial charge in [0.25, 0.3) is 5.56 Å². The van der Waals surface area contributed by atoms with Crippen LogP contribution in [0.2, 0.25) is 0 Å². The average Bonchev–Trinajstić information content (AvgIpc) is 2.91. The molecule has 5 heteroatoms. The number of allylic oxidation sites excluding steroid dienone is 1. The predicted molar refractivity (Wildman–Crippen MR) is 89.0 cm³/mol. The highest BCUT2D eigenvalue weighted by atomic mass is 32.2. The van der Waals surface area contributed by atoms with Gasteiger partial charge >= 0.3 is 0 Å². The van der Waals surface area contributed by atoms with Crippen molar-refractivity contribution in [3.05, 3.63) is 44.2 Å². The highest BCUT2D eigenvalue weighted by molar-refractivity contribution is 8.03. The lowest BCUT2D eigenvalue weighted by molar-refractivity contribution is 0.567. The van der Waals surface area contributed by atoms with E-state index >= 15 is 0 Å². The van der Waals surface area contributed by atoms with E-state index in [9.17, 15) is 9.59 Å². The number of fused-ring (bicyclic) bond motifs is 1. The normalized spacial score (nSPS) is 13.9. The van der Waals surface area contributed by atoms with Gasteiger partial charge in [0.05, 0.1) is 10.5 Å². The van der Waals surface area contributed by atoms with Gasteiger partial charge in [0.1, 0.15) is 5.94 Å². The Kier molecular flexibility index (Phi) is 3.85. The lowest BCUT2D eigenvalue weighted by Crippen LogP contribution is -2.17. The van der Waals surface area contributed by atoms with Gasteiger partial charge in [-0.25, -0.2) is 4.79 Å². The van der Waals surface area contributed by atoms with Gasteiger partial charge in [-0.05, 0) is 61.9 Å². The maximum Gasteiger partial charge on any atom is 0.274 e. The minimum absolute atomic E-state index is 0.0156. The molecule has 4 nitrogen and oxygen atoms in total. The van der Waals surface area contributed by atoms with Gasteiger partial charge in [0.15, 0.2) is 0 Å². The van der Waals surface area contributed by atoms with Gasteiger partial charge in [-0.1, -0.05) is 11.8 Å². The third-order valence-corrected chi connectivity index (χ3v) is 5.54. The Morgan fingerprint density at radius 2 is 2.09 bits per heavy atom. The first kappa shape index (κ1) is 14.9. The van der Waals surface area contributed by atoms with Crippen LogP contribution in [0.3, 0.4) is 0 Å². The van der Waals surface area contributed by atoms with Crippen molar-refractivity contribution in [1.82, 2.24) is 9.78 Å². The molecule has 0 bridgehead atoms. The predicted octanol–water partition coefficient (Wildman–Crippen LogP) is 3.23. The van der Waals surface area contributed by atoms with Crippen LogP contribution in [0.5, 0.6) is 0 Å². The number of hydrogen-bond donors (Lipinski definition) is 1. The molecule has 0 unspecified atom stereocenters. The van der Waals surface area contributed by atoms with E-state index < -0.39 is 0 Å². The second-order valence-electron chi connectivity index (χ2n) is 5.54. The third-order valence-electron chi connectivity index (χ3n) is 4.24. The molecule has 2 heterocycles. The maximum absolute atomic E-state index is 12.4. The quantitative estimate of drug-likeness (QED) is 0.866. The highest BCUT2D eigenvalue weighted by Gasteiger charge is 2.22. The summed E-state index contributed by atoms with van der Waals surface area (Å²) in [6.45, 7) is 6.67. The third kappa shape index (κ3) is 2.27. The molecular formula is C17H18N2O2S. The number of nitrogens with zero attached hydrogens (tertiary/aromatic N) is 1. The van der Waals surface area contributed by atoms with E-state index in [0.717, 1.165) is 39.3 Å². The number of H-pyrrole nitrogens is 1. The minimum atomic E-state index is 0.0156. The zero-order chi connectivity index (χ0) is 15.9. The van der Waals surface area contributed by atoms with Gasteiger partial charge in [-0.2, -0.15) is 0 Å².